The minimum atomic E-state index is -0.425. The Morgan fingerprint density at radius 3 is 2.57 bits per heavy atom. The number of non-ortho nitro benzene ring substituents is 1. The molecule has 0 atom stereocenters. The van der Waals surface area contributed by atoms with Crippen molar-refractivity contribution in [2.24, 2.45) is 0 Å². The number of hydrogen-bond acceptors (Lipinski definition) is 3. The number of hydrogen-bond donors (Lipinski definition) is 0. The third kappa shape index (κ3) is 2.53. The van der Waals surface area contributed by atoms with Crippen molar-refractivity contribution in [3.8, 4) is 0 Å². The van der Waals surface area contributed by atoms with Crippen LogP contribution in [-0.4, -0.2) is 15.3 Å². The number of nitro groups is 1. The van der Waals surface area contributed by atoms with Crippen LogP contribution in [0.3, 0.4) is 0 Å². The number of carbonyl (C=O) groups is 1. The second kappa shape index (κ2) is 5.20. The molecule has 0 N–H and O–H groups in total. The molecule has 0 spiro atoms. The molecule has 0 amide bonds. The SMILES string of the molecule is O=C(Cn1ccc2cc([N+](=O)[O-])ccc21)c1ccccc1. The van der Waals surface area contributed by atoms with E-state index in [2.05, 4.69) is 0 Å². The van der Waals surface area contributed by atoms with E-state index in [1.807, 2.05) is 18.2 Å². The molecule has 0 aliphatic rings. The molecule has 3 rings (SSSR count). The lowest BCUT2D eigenvalue weighted by molar-refractivity contribution is -0.384. The van der Waals surface area contributed by atoms with Gasteiger partial charge in [-0.1, -0.05) is 30.3 Å². The molecule has 0 aliphatic heterocycles. The highest BCUT2D eigenvalue weighted by molar-refractivity contribution is 5.97. The molecule has 21 heavy (non-hydrogen) atoms. The molecule has 2 aromatic carbocycles. The molecule has 0 bridgehead atoms. The van der Waals surface area contributed by atoms with Crippen LogP contribution in [0.4, 0.5) is 5.69 Å². The van der Waals surface area contributed by atoms with Crippen molar-refractivity contribution < 1.29 is 9.72 Å². The Bertz CT molecular complexity index is 822. The highest BCUT2D eigenvalue weighted by atomic mass is 16.6. The van der Waals surface area contributed by atoms with Crippen LogP contribution in [0.15, 0.2) is 60.8 Å². The summed E-state index contributed by atoms with van der Waals surface area (Å²) in [6.45, 7) is 0.214. The Morgan fingerprint density at radius 1 is 1.10 bits per heavy atom. The second-order valence-electron chi connectivity index (χ2n) is 4.73. The second-order valence-corrected chi connectivity index (χ2v) is 4.73. The molecular formula is C16H12N2O3. The summed E-state index contributed by atoms with van der Waals surface area (Å²) in [5.41, 5.74) is 1.51. The summed E-state index contributed by atoms with van der Waals surface area (Å²) in [5.74, 6) is 0.00597. The van der Waals surface area contributed by atoms with Gasteiger partial charge in [-0.3, -0.25) is 14.9 Å². The van der Waals surface area contributed by atoms with Gasteiger partial charge in [-0.2, -0.15) is 0 Å². The van der Waals surface area contributed by atoms with Gasteiger partial charge in [-0.15, -0.1) is 0 Å². The fraction of sp³-hybridized carbons (Fsp3) is 0.0625. The van der Waals surface area contributed by atoms with E-state index in [0.29, 0.717) is 5.56 Å². The van der Waals surface area contributed by atoms with E-state index in [9.17, 15) is 14.9 Å². The quantitative estimate of drug-likeness (QED) is 0.418. The Kier molecular flexibility index (Phi) is 3.23. The van der Waals surface area contributed by atoms with E-state index < -0.39 is 4.92 Å². The van der Waals surface area contributed by atoms with E-state index in [4.69, 9.17) is 0 Å². The number of ketones is 1. The van der Waals surface area contributed by atoms with Gasteiger partial charge in [0.2, 0.25) is 0 Å². The number of rotatable bonds is 4. The summed E-state index contributed by atoms with van der Waals surface area (Å²) < 4.78 is 1.80. The summed E-state index contributed by atoms with van der Waals surface area (Å²) in [4.78, 5) is 22.5. The molecule has 0 unspecified atom stereocenters. The van der Waals surface area contributed by atoms with Crippen molar-refractivity contribution in [2.75, 3.05) is 0 Å². The van der Waals surface area contributed by atoms with Crippen LogP contribution >= 0.6 is 0 Å². The normalized spacial score (nSPS) is 10.7. The Labute approximate surface area is 120 Å². The maximum absolute atomic E-state index is 12.2. The summed E-state index contributed by atoms with van der Waals surface area (Å²) in [7, 11) is 0. The maximum atomic E-state index is 12.2. The van der Waals surface area contributed by atoms with Crippen LogP contribution in [0.1, 0.15) is 10.4 Å². The van der Waals surface area contributed by atoms with Gasteiger partial charge in [-0.05, 0) is 12.1 Å². The first-order chi connectivity index (χ1) is 10.1. The molecule has 104 valence electrons. The topological polar surface area (TPSA) is 65.1 Å². The van der Waals surface area contributed by atoms with Crippen LogP contribution < -0.4 is 0 Å². The summed E-state index contributed by atoms with van der Waals surface area (Å²) >= 11 is 0. The third-order valence-corrected chi connectivity index (χ3v) is 3.38. The number of benzene rings is 2. The van der Waals surface area contributed by atoms with Crippen LogP contribution in [-0.2, 0) is 6.54 Å². The van der Waals surface area contributed by atoms with Crippen molar-refractivity contribution in [3.63, 3.8) is 0 Å². The monoisotopic (exact) mass is 280 g/mol. The molecule has 1 heterocycles. The van der Waals surface area contributed by atoms with Crippen molar-refractivity contribution in [1.29, 1.82) is 0 Å². The number of nitro benzene ring substituents is 1. The zero-order chi connectivity index (χ0) is 14.8. The fourth-order valence-electron chi connectivity index (χ4n) is 2.31. The van der Waals surface area contributed by atoms with E-state index in [-0.39, 0.29) is 18.0 Å². The van der Waals surface area contributed by atoms with Crippen LogP contribution in [0.25, 0.3) is 10.9 Å². The number of aromatic nitrogens is 1. The van der Waals surface area contributed by atoms with E-state index in [1.54, 1.807) is 35.0 Å². The summed E-state index contributed by atoms with van der Waals surface area (Å²) in [6.07, 6.45) is 1.77. The lowest BCUT2D eigenvalue weighted by atomic mass is 10.1. The van der Waals surface area contributed by atoms with Crippen molar-refractivity contribution in [2.45, 2.75) is 6.54 Å². The molecule has 0 saturated carbocycles. The number of Topliss-reactive ketones (excluding diaryl/α,β-unsaturated/α-hetero) is 1. The molecule has 0 saturated heterocycles. The van der Waals surface area contributed by atoms with Gasteiger partial charge in [0.15, 0.2) is 5.78 Å². The van der Waals surface area contributed by atoms with Crippen molar-refractivity contribution in [3.05, 3.63) is 76.5 Å². The van der Waals surface area contributed by atoms with Gasteiger partial charge in [0.25, 0.3) is 5.69 Å². The van der Waals surface area contributed by atoms with Gasteiger partial charge in [0, 0.05) is 34.8 Å². The van der Waals surface area contributed by atoms with Crippen LogP contribution in [0.2, 0.25) is 0 Å². The molecule has 3 aromatic rings. The average molecular weight is 280 g/mol. The van der Waals surface area contributed by atoms with Gasteiger partial charge in [-0.25, -0.2) is 0 Å². The number of carbonyl (C=O) groups excluding carboxylic acids is 1. The third-order valence-electron chi connectivity index (χ3n) is 3.38. The molecule has 0 aliphatic carbocycles. The Morgan fingerprint density at radius 2 is 1.86 bits per heavy atom. The Balaban J connectivity index is 1.91. The molecule has 1 aromatic heterocycles. The lowest BCUT2D eigenvalue weighted by Crippen LogP contribution is -2.09. The first kappa shape index (κ1) is 13.1. The number of fused-ring (bicyclic) bond motifs is 1. The minimum Gasteiger partial charge on any atom is -0.340 e. The number of nitrogens with zero attached hydrogens (tertiary/aromatic N) is 2. The zero-order valence-corrected chi connectivity index (χ0v) is 11.1. The predicted octanol–water partition coefficient (Wildman–Crippen LogP) is 3.43. The van der Waals surface area contributed by atoms with Crippen molar-refractivity contribution >= 4 is 22.4 Å². The fourth-order valence-corrected chi connectivity index (χ4v) is 2.31. The summed E-state index contributed by atoms with van der Waals surface area (Å²) in [6, 6.07) is 15.5. The highest BCUT2D eigenvalue weighted by Gasteiger charge is 2.11. The largest absolute Gasteiger partial charge is 0.340 e. The Hall–Kier alpha value is -2.95. The first-order valence-electron chi connectivity index (χ1n) is 6.47. The average Bonchev–Trinajstić information content (AvgIpc) is 2.90. The highest BCUT2D eigenvalue weighted by Crippen LogP contribution is 2.22. The maximum Gasteiger partial charge on any atom is 0.270 e. The molecule has 0 fully saturated rings. The smallest absolute Gasteiger partial charge is 0.270 e. The van der Waals surface area contributed by atoms with Gasteiger partial charge >= 0.3 is 0 Å². The predicted molar refractivity (Wildman–Crippen MR) is 79.4 cm³/mol. The standard InChI is InChI=1S/C16H12N2O3/c19-16(12-4-2-1-3-5-12)11-17-9-8-13-10-14(18(20)21)6-7-15(13)17/h1-10H,11H2. The van der Waals surface area contributed by atoms with Gasteiger partial charge in [0.05, 0.1) is 11.5 Å². The van der Waals surface area contributed by atoms with Gasteiger partial charge < -0.3 is 4.57 Å². The lowest BCUT2D eigenvalue weighted by Gasteiger charge is -2.05. The first-order valence-corrected chi connectivity index (χ1v) is 6.47. The zero-order valence-electron chi connectivity index (χ0n) is 11.1. The van der Waals surface area contributed by atoms with Crippen LogP contribution in [0, 0.1) is 10.1 Å². The molecular weight excluding hydrogens is 268 g/mol. The van der Waals surface area contributed by atoms with E-state index >= 15 is 0 Å². The van der Waals surface area contributed by atoms with Crippen LogP contribution in [0.5, 0.6) is 0 Å². The van der Waals surface area contributed by atoms with E-state index in [0.717, 1.165) is 10.9 Å². The van der Waals surface area contributed by atoms with E-state index in [1.165, 1.54) is 12.1 Å². The molecule has 5 nitrogen and oxygen atoms in total. The van der Waals surface area contributed by atoms with Gasteiger partial charge in [0.1, 0.15) is 0 Å². The summed E-state index contributed by atoms with van der Waals surface area (Å²) in [5, 5.41) is 11.5. The van der Waals surface area contributed by atoms with Crippen molar-refractivity contribution in [1.82, 2.24) is 4.57 Å². The molecule has 0 radical (unpaired) electrons. The molecule has 5 heteroatoms. The minimum absolute atomic E-state index is 0.00597.